The Morgan fingerprint density at radius 3 is 2.43 bits per heavy atom. The van der Waals surface area contributed by atoms with Crippen LogP contribution in [0.15, 0.2) is 29.3 Å². The van der Waals surface area contributed by atoms with Gasteiger partial charge in [-0.25, -0.2) is 12.8 Å². The fourth-order valence-electron chi connectivity index (χ4n) is 3.62. The molecule has 2 aliphatic rings. The molecule has 2 N–H and O–H groups in total. The number of hydrogen-bond acceptors (Lipinski definition) is 4. The molecule has 0 saturated heterocycles. The third-order valence-electron chi connectivity index (χ3n) is 4.77. The lowest BCUT2D eigenvalue weighted by atomic mass is 9.93. The highest BCUT2D eigenvalue weighted by Crippen LogP contribution is 2.45. The zero-order chi connectivity index (χ0) is 15.3. The molecule has 1 fully saturated rings. The first-order valence-electron chi connectivity index (χ1n) is 7.14. The van der Waals surface area contributed by atoms with Crippen molar-refractivity contribution in [2.24, 2.45) is 10.7 Å². The van der Waals surface area contributed by atoms with Gasteiger partial charge < -0.3 is 5.73 Å². The van der Waals surface area contributed by atoms with Crippen molar-refractivity contribution in [3.05, 3.63) is 35.6 Å². The van der Waals surface area contributed by atoms with Crippen LogP contribution in [0, 0.1) is 5.82 Å². The van der Waals surface area contributed by atoms with Gasteiger partial charge in [-0.3, -0.25) is 4.99 Å². The average molecular weight is 310 g/mol. The third-order valence-corrected chi connectivity index (χ3v) is 7.52. The fraction of sp³-hybridized carbons (Fsp3) is 0.533. The Morgan fingerprint density at radius 1 is 1.24 bits per heavy atom. The van der Waals surface area contributed by atoms with Gasteiger partial charge in [-0.1, -0.05) is 31.0 Å². The molecular weight excluding hydrogens is 291 g/mol. The summed E-state index contributed by atoms with van der Waals surface area (Å²) in [6, 6.07) is 6.15. The second-order valence-corrected chi connectivity index (χ2v) is 8.51. The average Bonchev–Trinajstić information content (AvgIpc) is 2.87. The highest BCUT2D eigenvalue weighted by Gasteiger charge is 2.55. The fourth-order valence-corrected chi connectivity index (χ4v) is 6.13. The molecule has 1 aliphatic heterocycles. The second-order valence-electron chi connectivity index (χ2n) is 6.21. The Hall–Kier alpha value is -1.43. The van der Waals surface area contributed by atoms with Crippen molar-refractivity contribution in [2.75, 3.05) is 5.75 Å². The molecule has 0 radical (unpaired) electrons. The van der Waals surface area contributed by atoms with Crippen molar-refractivity contribution >= 4 is 15.7 Å². The molecule has 1 saturated carbocycles. The predicted molar refractivity (Wildman–Crippen MR) is 80.4 cm³/mol. The molecule has 1 spiro atoms. The molecule has 1 heterocycles. The number of nitrogens with zero attached hydrogens (tertiary/aromatic N) is 1. The van der Waals surface area contributed by atoms with Crippen molar-refractivity contribution in [1.82, 2.24) is 0 Å². The van der Waals surface area contributed by atoms with E-state index in [2.05, 4.69) is 4.99 Å². The molecule has 21 heavy (non-hydrogen) atoms. The van der Waals surface area contributed by atoms with Crippen LogP contribution < -0.4 is 5.73 Å². The summed E-state index contributed by atoms with van der Waals surface area (Å²) in [5.74, 6) is -0.493. The van der Waals surface area contributed by atoms with Crippen molar-refractivity contribution in [3.8, 4) is 0 Å². The molecule has 4 nitrogen and oxygen atoms in total. The van der Waals surface area contributed by atoms with E-state index in [1.54, 1.807) is 25.1 Å². The van der Waals surface area contributed by atoms with Crippen molar-refractivity contribution in [2.45, 2.75) is 42.9 Å². The molecule has 0 unspecified atom stereocenters. The van der Waals surface area contributed by atoms with Gasteiger partial charge in [-0.15, -0.1) is 0 Å². The lowest BCUT2D eigenvalue weighted by Gasteiger charge is -2.39. The minimum atomic E-state index is -3.47. The molecule has 6 heteroatoms. The Labute approximate surface area is 124 Å². The van der Waals surface area contributed by atoms with Gasteiger partial charge in [0, 0.05) is 5.56 Å². The molecule has 3 rings (SSSR count). The van der Waals surface area contributed by atoms with Gasteiger partial charge in [0.15, 0.2) is 9.84 Å². The largest absolute Gasteiger partial charge is 0.386 e. The van der Waals surface area contributed by atoms with E-state index in [0.29, 0.717) is 12.8 Å². The van der Waals surface area contributed by atoms with Crippen LogP contribution in [0.4, 0.5) is 4.39 Å². The summed E-state index contributed by atoms with van der Waals surface area (Å²) in [6.45, 7) is 1.64. The van der Waals surface area contributed by atoms with Crippen LogP contribution in [0.2, 0.25) is 0 Å². The van der Waals surface area contributed by atoms with Gasteiger partial charge in [0.1, 0.15) is 21.9 Å². The topological polar surface area (TPSA) is 72.5 Å². The number of halogens is 1. The standard InChI is InChI=1S/C15H19FN2O2S/c1-14(11-6-2-3-7-12(11)16)10-21(19,20)15(13(17)18-14)8-4-5-9-15/h2-3,6-7H,4-5,8-10H2,1H3,(H2,17,18)/t14-/m0/s1. The van der Waals surface area contributed by atoms with Crippen LogP contribution in [0.3, 0.4) is 0 Å². The van der Waals surface area contributed by atoms with E-state index >= 15 is 0 Å². The van der Waals surface area contributed by atoms with Gasteiger partial charge in [0.25, 0.3) is 0 Å². The molecule has 1 aromatic rings. The summed E-state index contributed by atoms with van der Waals surface area (Å²) in [5, 5.41) is 0. The maximum atomic E-state index is 14.1. The normalized spacial score (nSPS) is 30.3. The van der Waals surface area contributed by atoms with E-state index in [1.165, 1.54) is 6.07 Å². The number of hydrogen-bond donors (Lipinski definition) is 1. The quantitative estimate of drug-likeness (QED) is 0.863. The van der Waals surface area contributed by atoms with E-state index in [9.17, 15) is 12.8 Å². The van der Waals surface area contributed by atoms with Crippen LogP contribution in [0.5, 0.6) is 0 Å². The predicted octanol–water partition coefficient (Wildman–Crippen LogP) is 2.14. The summed E-state index contributed by atoms with van der Waals surface area (Å²) in [6.07, 6.45) is 2.73. The molecule has 0 amide bonds. The summed E-state index contributed by atoms with van der Waals surface area (Å²) in [7, 11) is -3.47. The molecule has 0 bridgehead atoms. The lowest BCUT2D eigenvalue weighted by molar-refractivity contribution is 0.468. The molecular formula is C15H19FN2O2S. The number of aliphatic imine (C=N–C) groups is 1. The van der Waals surface area contributed by atoms with Gasteiger partial charge in [0.2, 0.25) is 0 Å². The molecule has 0 aromatic heterocycles. The molecule has 114 valence electrons. The van der Waals surface area contributed by atoms with Crippen molar-refractivity contribution < 1.29 is 12.8 Å². The SMILES string of the molecule is C[C@@]1(c2ccccc2F)CS(=O)(=O)C2(CCCC2)C(N)=N1. The summed E-state index contributed by atoms with van der Waals surface area (Å²) in [5.41, 5.74) is 5.19. The maximum absolute atomic E-state index is 14.1. The number of amidine groups is 1. The summed E-state index contributed by atoms with van der Waals surface area (Å²) >= 11 is 0. The highest BCUT2D eigenvalue weighted by atomic mass is 32.2. The first kappa shape index (κ1) is 14.5. The first-order chi connectivity index (χ1) is 9.81. The van der Waals surface area contributed by atoms with Crippen molar-refractivity contribution in [1.29, 1.82) is 0 Å². The number of benzene rings is 1. The number of nitrogens with two attached hydrogens (primary N) is 1. The Bertz CT molecular complexity index is 708. The van der Waals surface area contributed by atoms with Crippen LogP contribution in [-0.2, 0) is 15.4 Å². The monoisotopic (exact) mass is 310 g/mol. The third kappa shape index (κ3) is 1.99. The Balaban J connectivity index is 2.17. The van der Waals surface area contributed by atoms with Gasteiger partial charge >= 0.3 is 0 Å². The van der Waals surface area contributed by atoms with E-state index in [1.807, 2.05) is 0 Å². The minimum Gasteiger partial charge on any atom is -0.386 e. The summed E-state index contributed by atoms with van der Waals surface area (Å²) < 4.78 is 38.7. The van der Waals surface area contributed by atoms with Crippen molar-refractivity contribution in [3.63, 3.8) is 0 Å². The number of rotatable bonds is 1. The Kier molecular flexibility index (Phi) is 3.13. The molecule has 1 aromatic carbocycles. The molecule has 1 aliphatic carbocycles. The van der Waals surface area contributed by atoms with E-state index in [4.69, 9.17) is 5.73 Å². The highest BCUT2D eigenvalue weighted by molar-refractivity contribution is 7.93. The smallest absolute Gasteiger partial charge is 0.165 e. The first-order valence-corrected chi connectivity index (χ1v) is 8.79. The zero-order valence-electron chi connectivity index (χ0n) is 12.0. The zero-order valence-corrected chi connectivity index (χ0v) is 12.8. The van der Waals surface area contributed by atoms with Gasteiger partial charge in [-0.2, -0.15) is 0 Å². The maximum Gasteiger partial charge on any atom is 0.165 e. The summed E-state index contributed by atoms with van der Waals surface area (Å²) in [4.78, 5) is 4.45. The van der Waals surface area contributed by atoms with E-state index in [-0.39, 0.29) is 17.2 Å². The lowest BCUT2D eigenvalue weighted by Crippen LogP contribution is -2.56. The van der Waals surface area contributed by atoms with Crippen LogP contribution in [0.1, 0.15) is 38.2 Å². The Morgan fingerprint density at radius 2 is 1.86 bits per heavy atom. The van der Waals surface area contributed by atoms with Crippen LogP contribution >= 0.6 is 0 Å². The van der Waals surface area contributed by atoms with Crippen LogP contribution in [0.25, 0.3) is 0 Å². The van der Waals surface area contributed by atoms with Gasteiger partial charge in [-0.05, 0) is 25.8 Å². The van der Waals surface area contributed by atoms with E-state index in [0.717, 1.165) is 12.8 Å². The second kappa shape index (κ2) is 4.53. The van der Waals surface area contributed by atoms with E-state index < -0.39 is 25.9 Å². The molecule has 1 atom stereocenters. The van der Waals surface area contributed by atoms with Gasteiger partial charge in [0.05, 0.1) is 5.75 Å². The van der Waals surface area contributed by atoms with Crippen LogP contribution in [-0.4, -0.2) is 24.8 Å². The minimum absolute atomic E-state index is 0.150. The number of sulfone groups is 1.